The number of hydrogen-bond donors (Lipinski definition) is 2. The average molecular weight is 480 g/mol. The lowest BCUT2D eigenvalue weighted by Gasteiger charge is -2.29. The average Bonchev–Trinajstić information content (AvgIpc) is 3.54. The van der Waals surface area contributed by atoms with Crippen LogP contribution in [0.25, 0.3) is 27.5 Å². The smallest absolute Gasteiger partial charge is 0.306 e. The Bertz CT molecular complexity index is 1420. The molecule has 2 unspecified atom stereocenters. The second-order valence-corrected chi connectivity index (χ2v) is 10.1. The maximum absolute atomic E-state index is 14.4. The van der Waals surface area contributed by atoms with Crippen molar-refractivity contribution in [2.24, 2.45) is 5.92 Å². The number of methoxy groups -OCH3 is 2. The van der Waals surface area contributed by atoms with Crippen LogP contribution in [0.1, 0.15) is 50.3 Å². The molecule has 1 fully saturated rings. The third kappa shape index (κ3) is 3.86. The topological polar surface area (TPSA) is 89.4 Å². The lowest BCUT2D eigenvalue weighted by atomic mass is 9.82. The highest BCUT2D eigenvalue weighted by atomic mass is 19.1. The molecule has 2 atom stereocenters. The molecule has 2 aromatic heterocycles. The van der Waals surface area contributed by atoms with Gasteiger partial charge >= 0.3 is 5.97 Å². The van der Waals surface area contributed by atoms with Gasteiger partial charge in [0.15, 0.2) is 11.6 Å². The third-order valence-electron chi connectivity index (χ3n) is 7.30. The molecule has 0 amide bonds. The second kappa shape index (κ2) is 8.68. The standard InChI is InChI=1S/C27H30FN3O4/c1-27(2,14-34-3)25-24(15-5-6-16(9-15)26(32)33)19-12-21-17(13-29-30-21)10-22(19)31(25)18-7-8-20(28)23(11-18)35-4/h7-8,10-13,15-16H,5-6,9,14H2,1-4H3,(H,29,30)(H,32,33). The Morgan fingerprint density at radius 1 is 1.26 bits per heavy atom. The molecular formula is C27H30FN3O4. The van der Waals surface area contributed by atoms with Gasteiger partial charge in [0, 0.05) is 40.7 Å². The van der Waals surface area contributed by atoms with Crippen molar-refractivity contribution >= 4 is 27.8 Å². The van der Waals surface area contributed by atoms with Crippen molar-refractivity contribution in [3.05, 3.63) is 53.6 Å². The fourth-order valence-electron chi connectivity index (χ4n) is 5.78. The minimum atomic E-state index is -0.742. The number of nitrogens with one attached hydrogen (secondary N) is 1. The summed E-state index contributed by atoms with van der Waals surface area (Å²) in [6.07, 6.45) is 3.80. The summed E-state index contributed by atoms with van der Waals surface area (Å²) in [6, 6.07) is 9.06. The van der Waals surface area contributed by atoms with Crippen LogP contribution in [0.4, 0.5) is 4.39 Å². The molecule has 8 heteroatoms. The number of halogens is 1. The molecule has 1 aliphatic carbocycles. The van der Waals surface area contributed by atoms with Gasteiger partial charge in [-0.15, -0.1) is 0 Å². The van der Waals surface area contributed by atoms with Gasteiger partial charge < -0.3 is 19.1 Å². The van der Waals surface area contributed by atoms with Crippen LogP contribution < -0.4 is 4.74 Å². The Labute approximate surface area is 202 Å². The quantitative estimate of drug-likeness (QED) is 0.363. The minimum Gasteiger partial charge on any atom is -0.494 e. The summed E-state index contributed by atoms with van der Waals surface area (Å²) in [4.78, 5) is 11.8. The Kier molecular flexibility index (Phi) is 5.79. The number of carbonyl (C=O) groups is 1. The first-order chi connectivity index (χ1) is 16.7. The molecule has 0 radical (unpaired) electrons. The lowest BCUT2D eigenvalue weighted by molar-refractivity contribution is -0.141. The molecule has 5 rings (SSSR count). The van der Waals surface area contributed by atoms with Crippen molar-refractivity contribution in [1.29, 1.82) is 0 Å². The number of carboxylic acid groups (broad SMARTS) is 1. The van der Waals surface area contributed by atoms with E-state index in [9.17, 15) is 14.3 Å². The zero-order valence-corrected chi connectivity index (χ0v) is 20.4. The summed E-state index contributed by atoms with van der Waals surface area (Å²) in [5.41, 5.74) is 4.40. The first-order valence-corrected chi connectivity index (χ1v) is 11.8. The Morgan fingerprint density at radius 3 is 2.74 bits per heavy atom. The van der Waals surface area contributed by atoms with E-state index in [1.165, 1.54) is 13.2 Å². The zero-order valence-electron chi connectivity index (χ0n) is 20.4. The van der Waals surface area contributed by atoms with Crippen molar-refractivity contribution in [1.82, 2.24) is 14.8 Å². The Morgan fingerprint density at radius 2 is 2.06 bits per heavy atom. The van der Waals surface area contributed by atoms with Crippen molar-refractivity contribution in [3.63, 3.8) is 0 Å². The highest BCUT2D eigenvalue weighted by Gasteiger charge is 2.39. The SMILES string of the molecule is COCC(C)(C)c1c(C2CCC(C(=O)O)C2)c2cc3[nH]ncc3cc2n1-c1ccc(F)c(OC)c1. The molecular weight excluding hydrogens is 449 g/mol. The first-order valence-electron chi connectivity index (χ1n) is 11.8. The predicted molar refractivity (Wildman–Crippen MR) is 132 cm³/mol. The largest absolute Gasteiger partial charge is 0.494 e. The molecule has 2 N–H and O–H groups in total. The normalized spacial score (nSPS) is 18.5. The van der Waals surface area contributed by atoms with Crippen molar-refractivity contribution < 1.29 is 23.8 Å². The molecule has 1 saturated carbocycles. The van der Waals surface area contributed by atoms with Gasteiger partial charge in [0.2, 0.25) is 0 Å². The molecule has 0 spiro atoms. The Balaban J connectivity index is 1.87. The maximum Gasteiger partial charge on any atom is 0.306 e. The number of benzene rings is 2. The fourth-order valence-corrected chi connectivity index (χ4v) is 5.78. The number of carboxylic acids is 1. The van der Waals surface area contributed by atoms with Crippen LogP contribution in [-0.2, 0) is 14.9 Å². The van der Waals surface area contributed by atoms with E-state index in [2.05, 4.69) is 40.7 Å². The number of aromatic amines is 1. The number of hydrogen-bond acceptors (Lipinski definition) is 4. The summed E-state index contributed by atoms with van der Waals surface area (Å²) < 4.78 is 27.5. The van der Waals surface area contributed by atoms with Crippen LogP contribution in [0.15, 0.2) is 36.5 Å². The van der Waals surface area contributed by atoms with E-state index >= 15 is 0 Å². The number of fused-ring (bicyclic) bond motifs is 2. The van der Waals surface area contributed by atoms with Crippen molar-refractivity contribution in [2.45, 2.75) is 44.4 Å². The minimum absolute atomic E-state index is 0.0775. The van der Waals surface area contributed by atoms with Gasteiger partial charge in [0.05, 0.1) is 36.9 Å². The molecule has 35 heavy (non-hydrogen) atoms. The van der Waals surface area contributed by atoms with Crippen LogP contribution in [0.3, 0.4) is 0 Å². The van der Waals surface area contributed by atoms with Crippen molar-refractivity contribution in [3.8, 4) is 11.4 Å². The highest BCUT2D eigenvalue weighted by molar-refractivity contribution is 5.99. The highest BCUT2D eigenvalue weighted by Crippen LogP contribution is 2.48. The number of H-pyrrole nitrogens is 1. The lowest BCUT2D eigenvalue weighted by Crippen LogP contribution is -2.28. The van der Waals surface area contributed by atoms with Crippen molar-refractivity contribution in [2.75, 3.05) is 20.8 Å². The van der Waals surface area contributed by atoms with Crippen LogP contribution in [0.5, 0.6) is 5.75 Å². The van der Waals surface area contributed by atoms with Gasteiger partial charge in [-0.1, -0.05) is 13.8 Å². The third-order valence-corrected chi connectivity index (χ3v) is 7.30. The van der Waals surface area contributed by atoms with E-state index in [1.807, 2.05) is 0 Å². The van der Waals surface area contributed by atoms with Gasteiger partial charge in [0.25, 0.3) is 0 Å². The summed E-state index contributed by atoms with van der Waals surface area (Å²) >= 11 is 0. The van der Waals surface area contributed by atoms with Gasteiger partial charge in [-0.3, -0.25) is 9.89 Å². The summed E-state index contributed by atoms with van der Waals surface area (Å²) in [6.45, 7) is 4.72. The summed E-state index contributed by atoms with van der Waals surface area (Å²) in [5, 5.41) is 19.0. The number of ether oxygens (including phenoxy) is 2. The van der Waals surface area contributed by atoms with E-state index in [-0.39, 0.29) is 17.6 Å². The van der Waals surface area contributed by atoms with E-state index in [4.69, 9.17) is 9.47 Å². The monoisotopic (exact) mass is 479 g/mol. The molecule has 2 heterocycles. The number of aromatic nitrogens is 3. The van der Waals surface area contributed by atoms with E-state index < -0.39 is 17.2 Å². The van der Waals surface area contributed by atoms with Crippen LogP contribution >= 0.6 is 0 Å². The van der Waals surface area contributed by atoms with Gasteiger partial charge in [-0.2, -0.15) is 5.10 Å². The van der Waals surface area contributed by atoms with E-state index in [1.54, 1.807) is 25.4 Å². The molecule has 2 aromatic carbocycles. The number of rotatable bonds is 7. The van der Waals surface area contributed by atoms with Crippen LogP contribution in [-0.4, -0.2) is 46.7 Å². The number of aliphatic carboxylic acids is 1. The van der Waals surface area contributed by atoms with E-state index in [0.717, 1.165) is 45.2 Å². The van der Waals surface area contributed by atoms with E-state index in [0.29, 0.717) is 19.4 Å². The molecule has 1 aliphatic rings. The zero-order chi connectivity index (χ0) is 24.9. The first kappa shape index (κ1) is 23.4. The molecule has 184 valence electrons. The van der Waals surface area contributed by atoms with Crippen LogP contribution in [0, 0.1) is 11.7 Å². The van der Waals surface area contributed by atoms with Crippen LogP contribution in [0.2, 0.25) is 0 Å². The molecule has 4 aromatic rings. The number of nitrogens with zero attached hydrogens (tertiary/aromatic N) is 2. The van der Waals surface area contributed by atoms with Gasteiger partial charge in [0.1, 0.15) is 0 Å². The predicted octanol–water partition coefficient (Wildman–Crippen LogP) is 5.55. The Hall–Kier alpha value is -3.39. The molecule has 0 saturated heterocycles. The maximum atomic E-state index is 14.4. The summed E-state index contributed by atoms with van der Waals surface area (Å²) in [5.74, 6) is -1.29. The molecule has 7 nitrogen and oxygen atoms in total. The molecule has 0 bridgehead atoms. The van der Waals surface area contributed by atoms with Gasteiger partial charge in [-0.25, -0.2) is 4.39 Å². The molecule has 0 aliphatic heterocycles. The fraction of sp³-hybridized carbons (Fsp3) is 0.407. The second-order valence-electron chi connectivity index (χ2n) is 10.1. The van der Waals surface area contributed by atoms with Gasteiger partial charge in [-0.05, 0) is 55.0 Å². The summed E-state index contributed by atoms with van der Waals surface area (Å²) in [7, 11) is 3.14.